The fourth-order valence-corrected chi connectivity index (χ4v) is 2.65. The monoisotopic (exact) mass is 316 g/mol. The first-order valence-electron chi connectivity index (χ1n) is 7.39. The molecule has 5 nitrogen and oxygen atoms in total. The molecule has 4 aromatic rings. The van der Waals surface area contributed by atoms with E-state index in [9.17, 15) is 4.79 Å². The van der Waals surface area contributed by atoms with Gasteiger partial charge in [0.1, 0.15) is 5.69 Å². The van der Waals surface area contributed by atoms with Crippen molar-refractivity contribution in [3.05, 3.63) is 72.6 Å². The predicted octanol–water partition coefficient (Wildman–Crippen LogP) is 4.48. The minimum atomic E-state index is 0.147. The van der Waals surface area contributed by atoms with E-state index in [1.54, 1.807) is 6.20 Å². The molecule has 2 heterocycles. The lowest BCUT2D eigenvalue weighted by atomic mass is 9.98. The number of rotatable bonds is 4. The second-order valence-electron chi connectivity index (χ2n) is 5.19. The lowest BCUT2D eigenvalue weighted by Gasteiger charge is -2.03. The number of carbonyl (C=O) groups excluding carboxylic acids is 1. The van der Waals surface area contributed by atoms with Gasteiger partial charge in [-0.05, 0) is 0 Å². The average molecular weight is 316 g/mol. The van der Waals surface area contributed by atoms with Crippen molar-refractivity contribution >= 4 is 6.29 Å². The highest BCUT2D eigenvalue weighted by Gasteiger charge is 2.24. The normalized spacial score (nSPS) is 10.7. The van der Waals surface area contributed by atoms with E-state index < -0.39 is 0 Å². The van der Waals surface area contributed by atoms with Crippen LogP contribution in [0.15, 0.2) is 75.9 Å². The van der Waals surface area contributed by atoms with Gasteiger partial charge in [0.15, 0.2) is 12.0 Å². The van der Waals surface area contributed by atoms with Crippen LogP contribution in [0.1, 0.15) is 10.6 Å². The molecule has 0 fully saturated rings. The number of hydrogen-bond acceptors (Lipinski definition) is 5. The van der Waals surface area contributed by atoms with Crippen LogP contribution in [-0.2, 0) is 0 Å². The Morgan fingerprint density at radius 2 is 1.50 bits per heavy atom. The van der Waals surface area contributed by atoms with Gasteiger partial charge in [-0.3, -0.25) is 4.79 Å². The molecule has 0 radical (unpaired) electrons. The molecule has 0 amide bonds. The fourth-order valence-electron chi connectivity index (χ4n) is 2.65. The van der Waals surface area contributed by atoms with Crippen molar-refractivity contribution in [2.24, 2.45) is 0 Å². The first kappa shape index (κ1) is 14.1. The number of aromatic nitrogens is 2. The molecule has 0 atom stereocenters. The van der Waals surface area contributed by atoms with E-state index in [-0.39, 0.29) is 5.76 Å². The van der Waals surface area contributed by atoms with Gasteiger partial charge >= 0.3 is 0 Å². The molecular formula is C19H12N2O3. The second-order valence-corrected chi connectivity index (χ2v) is 5.19. The highest BCUT2D eigenvalue weighted by atomic mass is 16.5. The summed E-state index contributed by atoms with van der Waals surface area (Å²) in [4.78, 5) is 11.4. The topological polar surface area (TPSA) is 69.1 Å². The van der Waals surface area contributed by atoms with Crippen molar-refractivity contribution in [1.29, 1.82) is 0 Å². The number of nitrogens with zero attached hydrogens (tertiary/aromatic N) is 2. The van der Waals surface area contributed by atoms with Crippen molar-refractivity contribution in [2.45, 2.75) is 0 Å². The second kappa shape index (κ2) is 5.96. The van der Waals surface area contributed by atoms with Crippen LogP contribution < -0.4 is 0 Å². The Morgan fingerprint density at radius 3 is 2.17 bits per heavy atom. The van der Waals surface area contributed by atoms with Gasteiger partial charge < -0.3 is 9.05 Å². The van der Waals surface area contributed by atoms with Crippen LogP contribution >= 0.6 is 0 Å². The summed E-state index contributed by atoms with van der Waals surface area (Å²) in [7, 11) is 0. The Balaban J connectivity index is 1.94. The van der Waals surface area contributed by atoms with Gasteiger partial charge in [0.05, 0.1) is 17.3 Å². The lowest BCUT2D eigenvalue weighted by molar-refractivity contribution is 0.109. The van der Waals surface area contributed by atoms with E-state index in [0.29, 0.717) is 28.9 Å². The lowest BCUT2D eigenvalue weighted by Crippen LogP contribution is -1.87. The quantitative estimate of drug-likeness (QED) is 0.519. The van der Waals surface area contributed by atoms with E-state index in [2.05, 4.69) is 10.3 Å². The number of benzene rings is 2. The molecule has 0 bridgehead atoms. The summed E-state index contributed by atoms with van der Waals surface area (Å²) < 4.78 is 10.7. The summed E-state index contributed by atoms with van der Waals surface area (Å²) in [6.45, 7) is 0. The van der Waals surface area contributed by atoms with Crippen LogP contribution in [0.5, 0.6) is 0 Å². The SMILES string of the molecule is O=Cc1onc(-c2ccccc2)c1-c1cnoc1-c1ccccc1. The molecule has 116 valence electrons. The van der Waals surface area contributed by atoms with Gasteiger partial charge in [0.25, 0.3) is 0 Å². The molecule has 24 heavy (non-hydrogen) atoms. The minimum Gasteiger partial charge on any atom is -0.356 e. The molecule has 2 aromatic carbocycles. The molecule has 0 saturated heterocycles. The predicted molar refractivity (Wildman–Crippen MR) is 88.3 cm³/mol. The zero-order valence-corrected chi connectivity index (χ0v) is 12.5. The third-order valence-electron chi connectivity index (χ3n) is 3.75. The summed E-state index contributed by atoms with van der Waals surface area (Å²) in [5.41, 5.74) is 3.55. The van der Waals surface area contributed by atoms with Crippen LogP contribution in [0.25, 0.3) is 33.7 Å². The third kappa shape index (κ3) is 2.32. The van der Waals surface area contributed by atoms with Crippen LogP contribution in [0.3, 0.4) is 0 Å². The number of carbonyl (C=O) groups is 1. The Bertz CT molecular complexity index is 972. The van der Waals surface area contributed by atoms with Crippen LogP contribution in [0.2, 0.25) is 0 Å². The molecule has 5 heteroatoms. The molecule has 0 aliphatic rings. The molecule has 0 aliphatic carbocycles. The van der Waals surface area contributed by atoms with E-state index in [4.69, 9.17) is 9.05 Å². The third-order valence-corrected chi connectivity index (χ3v) is 3.75. The fraction of sp³-hybridized carbons (Fsp3) is 0. The molecule has 0 unspecified atom stereocenters. The standard InChI is InChI=1S/C19H12N2O3/c22-12-16-17(18(21-23-16)13-7-3-1-4-8-13)15-11-20-24-19(15)14-9-5-2-6-10-14/h1-12H. The smallest absolute Gasteiger partial charge is 0.207 e. The Labute approximate surface area is 137 Å². The highest BCUT2D eigenvalue weighted by Crippen LogP contribution is 2.39. The summed E-state index contributed by atoms with van der Waals surface area (Å²) in [6, 6.07) is 19.1. The first-order valence-corrected chi connectivity index (χ1v) is 7.39. The Kier molecular flexibility index (Phi) is 3.51. The van der Waals surface area contributed by atoms with Crippen molar-refractivity contribution in [1.82, 2.24) is 10.3 Å². The van der Waals surface area contributed by atoms with Gasteiger partial charge in [-0.2, -0.15) is 0 Å². The van der Waals surface area contributed by atoms with E-state index in [0.717, 1.165) is 11.1 Å². The largest absolute Gasteiger partial charge is 0.356 e. The maximum atomic E-state index is 11.4. The average Bonchev–Trinajstić information content (AvgIpc) is 3.29. The number of hydrogen-bond donors (Lipinski definition) is 0. The molecule has 0 aliphatic heterocycles. The Hall–Kier alpha value is -3.47. The zero-order chi connectivity index (χ0) is 16.4. The molecule has 2 aromatic heterocycles. The van der Waals surface area contributed by atoms with Crippen molar-refractivity contribution in [3.8, 4) is 33.7 Å². The van der Waals surface area contributed by atoms with E-state index in [1.807, 2.05) is 60.7 Å². The van der Waals surface area contributed by atoms with Crippen molar-refractivity contribution in [3.63, 3.8) is 0 Å². The van der Waals surface area contributed by atoms with Gasteiger partial charge in [-0.1, -0.05) is 71.0 Å². The van der Waals surface area contributed by atoms with Crippen molar-refractivity contribution < 1.29 is 13.8 Å². The molecule has 0 saturated carbocycles. The molecule has 4 rings (SSSR count). The van der Waals surface area contributed by atoms with Gasteiger partial charge in [0.2, 0.25) is 5.76 Å². The first-order chi connectivity index (χ1) is 11.9. The van der Waals surface area contributed by atoms with E-state index in [1.165, 1.54) is 0 Å². The van der Waals surface area contributed by atoms with Gasteiger partial charge in [-0.25, -0.2) is 0 Å². The summed E-state index contributed by atoms with van der Waals surface area (Å²) in [5.74, 6) is 0.716. The van der Waals surface area contributed by atoms with Gasteiger partial charge in [-0.15, -0.1) is 0 Å². The van der Waals surface area contributed by atoms with Crippen LogP contribution in [0.4, 0.5) is 0 Å². The van der Waals surface area contributed by atoms with Crippen LogP contribution in [0, 0.1) is 0 Å². The van der Waals surface area contributed by atoms with Crippen molar-refractivity contribution in [2.75, 3.05) is 0 Å². The minimum absolute atomic E-state index is 0.147. The molecule has 0 N–H and O–H groups in total. The molecular weight excluding hydrogens is 304 g/mol. The van der Waals surface area contributed by atoms with Crippen LogP contribution in [-0.4, -0.2) is 16.6 Å². The summed E-state index contributed by atoms with van der Waals surface area (Å²) in [6.07, 6.45) is 2.23. The number of aldehydes is 1. The Morgan fingerprint density at radius 1 is 0.833 bits per heavy atom. The maximum absolute atomic E-state index is 11.4. The maximum Gasteiger partial charge on any atom is 0.207 e. The highest BCUT2D eigenvalue weighted by molar-refractivity contribution is 5.95. The van der Waals surface area contributed by atoms with E-state index >= 15 is 0 Å². The van der Waals surface area contributed by atoms with Gasteiger partial charge in [0, 0.05) is 11.1 Å². The zero-order valence-electron chi connectivity index (χ0n) is 12.5. The molecule has 0 spiro atoms. The summed E-state index contributed by atoms with van der Waals surface area (Å²) in [5, 5.41) is 7.98. The summed E-state index contributed by atoms with van der Waals surface area (Å²) >= 11 is 0.